The van der Waals surface area contributed by atoms with Crippen molar-refractivity contribution in [1.82, 2.24) is 9.55 Å². The Morgan fingerprint density at radius 3 is 2.53 bits per heavy atom. The molecular formula is C11H7F3N2O. The Hall–Kier alpha value is -2.11. The van der Waals surface area contributed by atoms with Crippen molar-refractivity contribution in [2.45, 2.75) is 0 Å². The number of carbonyl (C=O) groups excluding carboxylic acids is 1. The maximum Gasteiger partial charge on any atom is 0.231 e. The van der Waals surface area contributed by atoms with Gasteiger partial charge in [0.1, 0.15) is 0 Å². The third kappa shape index (κ3) is 1.82. The van der Waals surface area contributed by atoms with Gasteiger partial charge < -0.3 is 4.57 Å². The summed E-state index contributed by atoms with van der Waals surface area (Å²) in [6.45, 7) is 0. The summed E-state index contributed by atoms with van der Waals surface area (Å²) in [7, 11) is 1.54. The first-order chi connectivity index (χ1) is 8.02. The van der Waals surface area contributed by atoms with Crippen LogP contribution in [0.4, 0.5) is 13.2 Å². The van der Waals surface area contributed by atoms with Gasteiger partial charge in [-0.15, -0.1) is 0 Å². The van der Waals surface area contributed by atoms with Crippen molar-refractivity contribution in [3.05, 3.63) is 53.4 Å². The quantitative estimate of drug-likeness (QED) is 0.595. The molecule has 1 heterocycles. The van der Waals surface area contributed by atoms with Crippen molar-refractivity contribution < 1.29 is 18.0 Å². The van der Waals surface area contributed by atoms with E-state index in [0.717, 1.165) is 6.07 Å². The van der Waals surface area contributed by atoms with E-state index in [1.165, 1.54) is 24.0 Å². The Morgan fingerprint density at radius 1 is 1.24 bits per heavy atom. The summed E-state index contributed by atoms with van der Waals surface area (Å²) in [5, 5.41) is 0. The van der Waals surface area contributed by atoms with E-state index in [2.05, 4.69) is 4.98 Å². The first kappa shape index (κ1) is 11.4. The van der Waals surface area contributed by atoms with Gasteiger partial charge in [-0.3, -0.25) is 4.79 Å². The number of hydrogen-bond donors (Lipinski definition) is 0. The molecule has 0 saturated heterocycles. The standard InChI is InChI=1S/C11H7F3N2O/c1-16-5-4-15-11(16)10(17)6-2-3-7(12)9(14)8(6)13/h2-5H,1H3. The van der Waals surface area contributed by atoms with E-state index in [-0.39, 0.29) is 5.82 Å². The first-order valence-electron chi connectivity index (χ1n) is 4.68. The number of hydrogen-bond acceptors (Lipinski definition) is 2. The molecule has 2 aromatic rings. The van der Waals surface area contributed by atoms with Crippen molar-refractivity contribution in [3.63, 3.8) is 0 Å². The summed E-state index contributed by atoms with van der Waals surface area (Å²) in [5.74, 6) is -5.34. The predicted molar refractivity (Wildman–Crippen MR) is 53.0 cm³/mol. The zero-order chi connectivity index (χ0) is 12.6. The minimum Gasteiger partial charge on any atom is -0.331 e. The Bertz CT molecular complexity index is 592. The highest BCUT2D eigenvalue weighted by Crippen LogP contribution is 2.17. The number of benzene rings is 1. The molecule has 0 spiro atoms. The highest BCUT2D eigenvalue weighted by atomic mass is 19.2. The van der Waals surface area contributed by atoms with Crippen molar-refractivity contribution in [2.75, 3.05) is 0 Å². The summed E-state index contributed by atoms with van der Waals surface area (Å²) < 4.78 is 40.4. The lowest BCUT2D eigenvalue weighted by molar-refractivity contribution is 0.102. The summed E-state index contributed by atoms with van der Waals surface area (Å²) in [5.41, 5.74) is -0.543. The van der Waals surface area contributed by atoms with Gasteiger partial charge in [0.15, 0.2) is 23.3 Å². The fourth-order valence-corrected chi connectivity index (χ4v) is 1.41. The zero-order valence-corrected chi connectivity index (χ0v) is 8.75. The number of nitrogens with zero attached hydrogens (tertiary/aromatic N) is 2. The Kier molecular flexibility index (Phi) is 2.71. The molecule has 6 heteroatoms. The topological polar surface area (TPSA) is 34.9 Å². The van der Waals surface area contributed by atoms with Gasteiger partial charge in [0.25, 0.3) is 0 Å². The van der Waals surface area contributed by atoms with Crippen molar-refractivity contribution in [1.29, 1.82) is 0 Å². The molecule has 88 valence electrons. The summed E-state index contributed by atoms with van der Waals surface area (Å²) in [6.07, 6.45) is 2.84. The van der Waals surface area contributed by atoms with E-state index in [1.807, 2.05) is 0 Å². The molecule has 0 aliphatic rings. The summed E-state index contributed by atoms with van der Waals surface area (Å²) >= 11 is 0. The van der Waals surface area contributed by atoms with Gasteiger partial charge in [-0.2, -0.15) is 0 Å². The average Bonchev–Trinajstić information content (AvgIpc) is 2.72. The second-order valence-corrected chi connectivity index (χ2v) is 3.41. The third-order valence-corrected chi connectivity index (χ3v) is 2.30. The van der Waals surface area contributed by atoms with Crippen LogP contribution >= 0.6 is 0 Å². The maximum absolute atomic E-state index is 13.4. The van der Waals surface area contributed by atoms with Crippen LogP contribution in [-0.4, -0.2) is 15.3 Å². The molecule has 0 aliphatic carbocycles. The predicted octanol–water partition coefficient (Wildman–Crippen LogP) is 2.07. The second kappa shape index (κ2) is 4.04. The van der Waals surface area contributed by atoms with Crippen LogP contribution in [0.2, 0.25) is 0 Å². The highest BCUT2D eigenvalue weighted by Gasteiger charge is 2.22. The molecule has 0 N–H and O–H groups in total. The number of carbonyl (C=O) groups is 1. The zero-order valence-electron chi connectivity index (χ0n) is 8.75. The van der Waals surface area contributed by atoms with Gasteiger partial charge in [-0.25, -0.2) is 18.2 Å². The molecule has 0 unspecified atom stereocenters. The third-order valence-electron chi connectivity index (χ3n) is 2.30. The van der Waals surface area contributed by atoms with E-state index < -0.39 is 28.8 Å². The molecule has 0 amide bonds. The fourth-order valence-electron chi connectivity index (χ4n) is 1.41. The van der Waals surface area contributed by atoms with Crippen molar-refractivity contribution in [3.8, 4) is 0 Å². The average molecular weight is 240 g/mol. The van der Waals surface area contributed by atoms with E-state index in [1.54, 1.807) is 0 Å². The smallest absolute Gasteiger partial charge is 0.231 e. The van der Waals surface area contributed by atoms with Gasteiger partial charge in [-0.1, -0.05) is 0 Å². The normalized spacial score (nSPS) is 10.6. The maximum atomic E-state index is 13.4. The molecule has 0 bridgehead atoms. The van der Waals surface area contributed by atoms with E-state index in [9.17, 15) is 18.0 Å². The Balaban J connectivity index is 2.53. The van der Waals surface area contributed by atoms with Gasteiger partial charge in [0, 0.05) is 19.4 Å². The molecule has 17 heavy (non-hydrogen) atoms. The lowest BCUT2D eigenvalue weighted by Crippen LogP contribution is -2.12. The van der Waals surface area contributed by atoms with Crippen LogP contribution < -0.4 is 0 Å². The fraction of sp³-hybridized carbons (Fsp3) is 0.0909. The van der Waals surface area contributed by atoms with Gasteiger partial charge >= 0.3 is 0 Å². The molecule has 1 aromatic heterocycles. The van der Waals surface area contributed by atoms with Crippen LogP contribution in [0, 0.1) is 17.5 Å². The van der Waals surface area contributed by atoms with Crippen molar-refractivity contribution >= 4 is 5.78 Å². The number of aromatic nitrogens is 2. The number of rotatable bonds is 2. The molecule has 0 saturated carbocycles. The van der Waals surface area contributed by atoms with Crippen LogP contribution in [0.3, 0.4) is 0 Å². The molecule has 0 aliphatic heterocycles. The number of ketones is 1. The van der Waals surface area contributed by atoms with Crippen LogP contribution in [0.25, 0.3) is 0 Å². The summed E-state index contributed by atoms with van der Waals surface area (Å²) in [4.78, 5) is 15.5. The number of imidazole rings is 1. The molecule has 0 fully saturated rings. The van der Waals surface area contributed by atoms with Gasteiger partial charge in [0.2, 0.25) is 5.78 Å². The minimum atomic E-state index is -1.66. The SMILES string of the molecule is Cn1ccnc1C(=O)c1ccc(F)c(F)c1F. The monoisotopic (exact) mass is 240 g/mol. The minimum absolute atomic E-state index is 0.0464. The summed E-state index contributed by atoms with van der Waals surface area (Å²) in [6, 6.07) is 1.60. The lowest BCUT2D eigenvalue weighted by atomic mass is 10.1. The molecule has 0 atom stereocenters. The largest absolute Gasteiger partial charge is 0.331 e. The van der Waals surface area contributed by atoms with Crippen molar-refractivity contribution in [2.24, 2.45) is 7.05 Å². The van der Waals surface area contributed by atoms with Crippen LogP contribution in [0.15, 0.2) is 24.5 Å². The van der Waals surface area contributed by atoms with Crippen LogP contribution in [-0.2, 0) is 7.05 Å². The van der Waals surface area contributed by atoms with Gasteiger partial charge in [-0.05, 0) is 12.1 Å². The molecule has 0 radical (unpaired) electrons. The lowest BCUT2D eigenvalue weighted by Gasteiger charge is -2.03. The Labute approximate surface area is 94.5 Å². The van der Waals surface area contributed by atoms with E-state index in [4.69, 9.17) is 0 Å². The van der Waals surface area contributed by atoms with E-state index in [0.29, 0.717) is 6.07 Å². The molecule has 3 nitrogen and oxygen atoms in total. The number of halogens is 3. The van der Waals surface area contributed by atoms with Crippen LogP contribution in [0.1, 0.15) is 16.2 Å². The molecule has 2 rings (SSSR count). The Morgan fingerprint density at radius 2 is 1.94 bits per heavy atom. The first-order valence-corrected chi connectivity index (χ1v) is 4.68. The second-order valence-electron chi connectivity index (χ2n) is 3.41. The number of aryl methyl sites for hydroxylation is 1. The van der Waals surface area contributed by atoms with E-state index >= 15 is 0 Å². The van der Waals surface area contributed by atoms with Crippen LogP contribution in [0.5, 0.6) is 0 Å². The highest BCUT2D eigenvalue weighted by molar-refractivity contribution is 6.06. The molecule has 1 aromatic carbocycles. The van der Waals surface area contributed by atoms with Gasteiger partial charge in [0.05, 0.1) is 5.56 Å². The molecular weight excluding hydrogens is 233 g/mol.